The van der Waals surface area contributed by atoms with Crippen LogP contribution in [0.5, 0.6) is 0 Å². The van der Waals surface area contributed by atoms with Crippen molar-refractivity contribution >= 4 is 71.1 Å². The second-order valence-corrected chi connectivity index (χ2v) is 9.77. The van der Waals surface area contributed by atoms with Gasteiger partial charge in [-0.2, -0.15) is 0 Å². The molecule has 0 saturated heterocycles. The molecule has 172 valence electrons. The third kappa shape index (κ3) is 2.78. The first-order valence-corrected chi connectivity index (χ1v) is 12.6. The molecule has 0 amide bonds. The summed E-state index contributed by atoms with van der Waals surface area (Å²) < 4.78 is 2.44. The average molecular weight is 471 g/mol. The first-order chi connectivity index (χ1) is 18.3. The highest BCUT2D eigenvalue weighted by atomic mass is 15.0. The summed E-state index contributed by atoms with van der Waals surface area (Å²) in [5, 5.41) is 20.3. The summed E-state index contributed by atoms with van der Waals surface area (Å²) in [5.74, 6) is 0. The van der Waals surface area contributed by atoms with Gasteiger partial charge in [-0.25, -0.2) is 0 Å². The zero-order chi connectivity index (χ0) is 24.5. The minimum absolute atomic E-state index is 0.964. The van der Waals surface area contributed by atoms with Crippen molar-refractivity contribution in [3.8, 4) is 5.69 Å². The van der Waals surface area contributed by atoms with Crippen molar-refractivity contribution in [2.45, 2.75) is 0 Å². The number of nitrogens with zero attached hydrogens (tertiary/aromatic N) is 1. The van der Waals surface area contributed by atoms with E-state index in [1.54, 1.807) is 0 Å². The Hall–Kier alpha value is -4.95. The number of aromatic nitrogens is 1. The molecule has 0 aliphatic rings. The number of hydrogen-bond acceptors (Lipinski definition) is 1. The van der Waals surface area contributed by atoms with Crippen LogP contribution in [0.1, 0.15) is 5.56 Å². The lowest BCUT2D eigenvalue weighted by molar-refractivity contribution is 1.21. The van der Waals surface area contributed by atoms with Crippen molar-refractivity contribution in [2.75, 3.05) is 0 Å². The molecule has 0 aliphatic carbocycles. The summed E-state index contributed by atoms with van der Waals surface area (Å²) in [4.78, 5) is 0. The van der Waals surface area contributed by atoms with E-state index in [1.807, 2.05) is 0 Å². The van der Waals surface area contributed by atoms with Crippen molar-refractivity contribution in [2.24, 2.45) is 0 Å². The zero-order valence-electron chi connectivity index (χ0n) is 20.1. The van der Waals surface area contributed by atoms with Crippen LogP contribution in [0.3, 0.4) is 0 Å². The molecule has 0 bridgehead atoms. The van der Waals surface area contributed by atoms with Crippen molar-refractivity contribution in [1.29, 1.82) is 5.41 Å². The standard InChI is InChI=1S/C35H22N2/c36-21-32-28-17-22-9-1-3-11-24(22)19-30(28)35(31-20-25-12-4-2-10-23(25)18-29(31)32)37-33-15-7-5-13-26(33)27-14-6-8-16-34(27)37/h1-21,36H. The van der Waals surface area contributed by atoms with Crippen molar-refractivity contribution in [3.63, 3.8) is 0 Å². The third-order valence-electron chi connectivity index (χ3n) is 7.81. The minimum Gasteiger partial charge on any atom is -0.308 e. The molecule has 0 atom stereocenters. The summed E-state index contributed by atoms with van der Waals surface area (Å²) in [5.41, 5.74) is 4.51. The van der Waals surface area contributed by atoms with Gasteiger partial charge in [0.15, 0.2) is 0 Å². The summed E-state index contributed by atoms with van der Waals surface area (Å²) >= 11 is 0. The third-order valence-corrected chi connectivity index (χ3v) is 7.81. The molecule has 2 nitrogen and oxygen atoms in total. The Morgan fingerprint density at radius 3 is 1.24 bits per heavy atom. The number of benzene rings is 7. The maximum Gasteiger partial charge on any atom is 0.0619 e. The normalized spacial score (nSPS) is 11.9. The van der Waals surface area contributed by atoms with Gasteiger partial charge in [-0.05, 0) is 68.7 Å². The van der Waals surface area contributed by atoms with Crippen LogP contribution in [-0.4, -0.2) is 10.8 Å². The molecule has 37 heavy (non-hydrogen) atoms. The van der Waals surface area contributed by atoms with Crippen LogP contribution < -0.4 is 0 Å². The van der Waals surface area contributed by atoms with Gasteiger partial charge >= 0.3 is 0 Å². The number of nitrogens with one attached hydrogen (secondary N) is 1. The lowest BCUT2D eigenvalue weighted by atomic mass is 9.91. The second-order valence-electron chi connectivity index (χ2n) is 9.77. The predicted octanol–water partition coefficient (Wildman–Crippen LogP) is 9.39. The number of fused-ring (bicyclic) bond motifs is 7. The monoisotopic (exact) mass is 470 g/mol. The molecule has 8 aromatic rings. The van der Waals surface area contributed by atoms with E-state index in [9.17, 15) is 0 Å². The molecule has 0 spiro atoms. The van der Waals surface area contributed by atoms with Crippen LogP contribution in [-0.2, 0) is 0 Å². The Labute approximate surface area is 213 Å². The van der Waals surface area contributed by atoms with E-state index in [4.69, 9.17) is 5.41 Å². The van der Waals surface area contributed by atoms with E-state index < -0.39 is 0 Å². The molecular weight excluding hydrogens is 448 g/mol. The van der Waals surface area contributed by atoms with Gasteiger partial charge in [-0.3, -0.25) is 0 Å². The van der Waals surface area contributed by atoms with Crippen LogP contribution in [0.15, 0.2) is 121 Å². The summed E-state index contributed by atoms with van der Waals surface area (Å²) in [7, 11) is 0. The predicted molar refractivity (Wildman–Crippen MR) is 159 cm³/mol. The highest BCUT2D eigenvalue weighted by molar-refractivity contribution is 6.24. The van der Waals surface area contributed by atoms with Crippen molar-refractivity contribution < 1.29 is 0 Å². The molecule has 0 fully saturated rings. The largest absolute Gasteiger partial charge is 0.308 e. The molecular formula is C35H22N2. The molecule has 0 unspecified atom stereocenters. The first-order valence-electron chi connectivity index (χ1n) is 12.6. The van der Waals surface area contributed by atoms with Gasteiger partial charge in [0.2, 0.25) is 0 Å². The summed E-state index contributed by atoms with van der Waals surface area (Å²) in [6.07, 6.45) is 1.53. The second kappa shape index (κ2) is 7.52. The number of rotatable bonds is 2. The van der Waals surface area contributed by atoms with Gasteiger partial charge in [0.25, 0.3) is 0 Å². The number of para-hydroxylation sites is 2. The average Bonchev–Trinajstić information content (AvgIpc) is 3.28. The Kier molecular flexibility index (Phi) is 4.12. The van der Waals surface area contributed by atoms with Gasteiger partial charge in [0.05, 0.1) is 16.7 Å². The van der Waals surface area contributed by atoms with Crippen LogP contribution in [0, 0.1) is 5.41 Å². The van der Waals surface area contributed by atoms with E-state index in [0.29, 0.717) is 0 Å². The van der Waals surface area contributed by atoms with Crippen molar-refractivity contribution in [3.05, 3.63) is 127 Å². The van der Waals surface area contributed by atoms with E-state index in [2.05, 4.69) is 126 Å². The van der Waals surface area contributed by atoms with Gasteiger partial charge in [0, 0.05) is 33.3 Å². The molecule has 8 rings (SSSR count). The fourth-order valence-electron chi connectivity index (χ4n) is 6.17. The summed E-state index contributed by atoms with van der Waals surface area (Å²) in [6, 6.07) is 43.6. The molecule has 1 aromatic heterocycles. The lowest BCUT2D eigenvalue weighted by Crippen LogP contribution is -2.00. The molecule has 1 heterocycles. The van der Waals surface area contributed by atoms with Crippen LogP contribution in [0.2, 0.25) is 0 Å². The quantitative estimate of drug-likeness (QED) is 0.193. The number of hydrogen-bond donors (Lipinski definition) is 1. The first kappa shape index (κ1) is 20.3. The maximum absolute atomic E-state index is 8.50. The van der Waals surface area contributed by atoms with Gasteiger partial charge in [-0.15, -0.1) is 0 Å². The van der Waals surface area contributed by atoms with Gasteiger partial charge < -0.3 is 9.98 Å². The Balaban J connectivity index is 1.71. The highest BCUT2D eigenvalue weighted by Gasteiger charge is 2.20. The summed E-state index contributed by atoms with van der Waals surface area (Å²) in [6.45, 7) is 0. The van der Waals surface area contributed by atoms with Gasteiger partial charge in [-0.1, -0.05) is 84.9 Å². The molecule has 0 saturated carbocycles. The lowest BCUT2D eigenvalue weighted by Gasteiger charge is -2.19. The van der Waals surface area contributed by atoms with Gasteiger partial charge in [0.1, 0.15) is 0 Å². The Bertz CT molecular complexity index is 2070. The fourth-order valence-corrected chi connectivity index (χ4v) is 6.17. The van der Waals surface area contributed by atoms with E-state index >= 15 is 0 Å². The topological polar surface area (TPSA) is 28.8 Å². The highest BCUT2D eigenvalue weighted by Crippen LogP contribution is 2.42. The molecule has 0 radical (unpaired) electrons. The smallest absolute Gasteiger partial charge is 0.0619 e. The van der Waals surface area contributed by atoms with E-state index in [-0.39, 0.29) is 0 Å². The Morgan fingerprint density at radius 1 is 0.432 bits per heavy atom. The van der Waals surface area contributed by atoms with E-state index in [1.165, 1.54) is 55.3 Å². The van der Waals surface area contributed by atoms with Crippen molar-refractivity contribution in [1.82, 2.24) is 4.57 Å². The van der Waals surface area contributed by atoms with Crippen LogP contribution in [0.25, 0.3) is 70.6 Å². The molecule has 2 heteroatoms. The Morgan fingerprint density at radius 2 is 0.811 bits per heavy atom. The van der Waals surface area contributed by atoms with Crippen LogP contribution >= 0.6 is 0 Å². The maximum atomic E-state index is 8.50. The minimum atomic E-state index is 0.964. The molecule has 7 aromatic carbocycles. The van der Waals surface area contributed by atoms with Crippen LogP contribution in [0.4, 0.5) is 0 Å². The zero-order valence-corrected chi connectivity index (χ0v) is 20.1. The fraction of sp³-hybridized carbons (Fsp3) is 0. The molecule has 1 N–H and O–H groups in total. The SMILES string of the molecule is N=Cc1c2cc3ccccc3cc2c(-n2c3ccccc3c3ccccc32)c2cc3ccccc3cc12. The molecule has 0 aliphatic heterocycles. The van der Waals surface area contributed by atoms with E-state index in [0.717, 1.165) is 27.1 Å².